The van der Waals surface area contributed by atoms with Crippen LogP contribution in [0.5, 0.6) is 5.75 Å². The number of methoxy groups -OCH3 is 1. The van der Waals surface area contributed by atoms with Gasteiger partial charge in [0.15, 0.2) is 0 Å². The Morgan fingerprint density at radius 1 is 0.818 bits per heavy atom. The monoisotopic (exact) mass is 437 g/mol. The maximum Gasteiger partial charge on any atom is 0.271 e. The highest BCUT2D eigenvalue weighted by molar-refractivity contribution is 6.06. The van der Waals surface area contributed by atoms with Gasteiger partial charge in [0.1, 0.15) is 5.75 Å². The van der Waals surface area contributed by atoms with E-state index in [0.717, 1.165) is 27.6 Å². The van der Waals surface area contributed by atoms with Crippen molar-refractivity contribution in [2.24, 2.45) is 5.10 Å². The van der Waals surface area contributed by atoms with Crippen LogP contribution in [0.4, 0.5) is 5.69 Å². The summed E-state index contributed by atoms with van der Waals surface area (Å²) in [6.07, 6.45) is 1.61. The van der Waals surface area contributed by atoms with Gasteiger partial charge >= 0.3 is 0 Å². The minimum atomic E-state index is -0.346. The van der Waals surface area contributed by atoms with Crippen molar-refractivity contribution in [3.05, 3.63) is 107 Å². The first kappa shape index (κ1) is 21.8. The molecule has 0 spiro atoms. The fourth-order valence-electron chi connectivity index (χ4n) is 3.54. The van der Waals surface area contributed by atoms with Crippen molar-refractivity contribution in [2.75, 3.05) is 12.4 Å². The molecule has 0 fully saturated rings. The Bertz CT molecular complexity index is 1340. The number of anilines is 1. The van der Waals surface area contributed by atoms with E-state index in [1.807, 2.05) is 61.5 Å². The normalized spacial score (nSPS) is 10.8. The maximum atomic E-state index is 12.5. The summed E-state index contributed by atoms with van der Waals surface area (Å²) in [4.78, 5) is 24.9. The zero-order valence-corrected chi connectivity index (χ0v) is 18.3. The summed E-state index contributed by atoms with van der Waals surface area (Å²) in [5, 5.41) is 8.90. The first-order chi connectivity index (χ1) is 16.1. The van der Waals surface area contributed by atoms with Crippen molar-refractivity contribution in [2.45, 2.75) is 6.92 Å². The lowest BCUT2D eigenvalue weighted by molar-refractivity contribution is 0.0954. The third-order valence-electron chi connectivity index (χ3n) is 5.30. The van der Waals surface area contributed by atoms with Crippen LogP contribution in [0, 0.1) is 6.92 Å². The average molecular weight is 437 g/mol. The second-order valence-corrected chi connectivity index (χ2v) is 7.45. The lowest BCUT2D eigenvalue weighted by Gasteiger charge is -2.08. The zero-order chi connectivity index (χ0) is 23.2. The lowest BCUT2D eigenvalue weighted by Crippen LogP contribution is -2.18. The number of hydrogen-bond donors (Lipinski definition) is 2. The molecule has 2 N–H and O–H groups in total. The highest BCUT2D eigenvalue weighted by Gasteiger charge is 2.10. The Morgan fingerprint density at radius 3 is 2.24 bits per heavy atom. The maximum absolute atomic E-state index is 12.5. The predicted molar refractivity (Wildman–Crippen MR) is 131 cm³/mol. The van der Waals surface area contributed by atoms with Gasteiger partial charge in [-0.2, -0.15) is 5.10 Å². The minimum Gasteiger partial charge on any atom is -0.496 e. The first-order valence-corrected chi connectivity index (χ1v) is 10.4. The Balaban J connectivity index is 1.41. The molecule has 0 bridgehead atoms. The number of nitrogens with one attached hydrogen (secondary N) is 2. The van der Waals surface area contributed by atoms with Gasteiger partial charge in [-0.05, 0) is 60.3 Å². The van der Waals surface area contributed by atoms with E-state index in [1.54, 1.807) is 43.7 Å². The van der Waals surface area contributed by atoms with Crippen LogP contribution < -0.4 is 15.5 Å². The summed E-state index contributed by atoms with van der Waals surface area (Å²) in [7, 11) is 1.63. The summed E-state index contributed by atoms with van der Waals surface area (Å²) in [5.74, 6) is 0.240. The van der Waals surface area contributed by atoms with Crippen molar-refractivity contribution in [1.29, 1.82) is 0 Å². The van der Waals surface area contributed by atoms with E-state index >= 15 is 0 Å². The van der Waals surface area contributed by atoms with Crippen LogP contribution in [0.2, 0.25) is 0 Å². The van der Waals surface area contributed by atoms with E-state index in [4.69, 9.17) is 4.74 Å². The summed E-state index contributed by atoms with van der Waals surface area (Å²) in [6, 6.07) is 25.6. The van der Waals surface area contributed by atoms with Crippen LogP contribution in [-0.4, -0.2) is 25.1 Å². The van der Waals surface area contributed by atoms with Crippen LogP contribution >= 0.6 is 0 Å². The highest BCUT2D eigenvalue weighted by atomic mass is 16.5. The molecule has 0 atom stereocenters. The quantitative estimate of drug-likeness (QED) is 0.322. The van der Waals surface area contributed by atoms with Crippen molar-refractivity contribution in [3.8, 4) is 5.75 Å². The third kappa shape index (κ3) is 4.91. The van der Waals surface area contributed by atoms with Crippen molar-refractivity contribution in [3.63, 3.8) is 0 Å². The predicted octanol–water partition coefficient (Wildman–Crippen LogP) is 5.17. The molecule has 33 heavy (non-hydrogen) atoms. The number of hydrazone groups is 1. The number of benzene rings is 4. The second kappa shape index (κ2) is 9.78. The van der Waals surface area contributed by atoms with Crippen molar-refractivity contribution >= 4 is 34.5 Å². The molecule has 0 aromatic heterocycles. The molecule has 4 aromatic rings. The first-order valence-electron chi connectivity index (χ1n) is 10.4. The van der Waals surface area contributed by atoms with Gasteiger partial charge in [0.25, 0.3) is 11.8 Å². The molecular formula is C27H23N3O3. The van der Waals surface area contributed by atoms with Gasteiger partial charge in [0, 0.05) is 27.8 Å². The van der Waals surface area contributed by atoms with Gasteiger partial charge in [-0.25, -0.2) is 5.43 Å². The molecule has 0 radical (unpaired) electrons. The van der Waals surface area contributed by atoms with Crippen LogP contribution in [-0.2, 0) is 0 Å². The van der Waals surface area contributed by atoms with Crippen molar-refractivity contribution < 1.29 is 14.3 Å². The molecule has 164 valence electrons. The van der Waals surface area contributed by atoms with Gasteiger partial charge in [-0.1, -0.05) is 42.5 Å². The molecule has 2 amide bonds. The summed E-state index contributed by atoms with van der Waals surface area (Å²) >= 11 is 0. The van der Waals surface area contributed by atoms with E-state index in [-0.39, 0.29) is 11.8 Å². The minimum absolute atomic E-state index is 0.193. The third-order valence-corrected chi connectivity index (χ3v) is 5.30. The zero-order valence-electron chi connectivity index (χ0n) is 18.3. The molecule has 0 aliphatic rings. The fourth-order valence-corrected chi connectivity index (χ4v) is 3.54. The number of amides is 2. The van der Waals surface area contributed by atoms with Crippen LogP contribution in [0.3, 0.4) is 0 Å². The molecule has 0 saturated carbocycles. The van der Waals surface area contributed by atoms with Gasteiger partial charge in [0.05, 0.1) is 13.3 Å². The van der Waals surface area contributed by atoms with Crippen molar-refractivity contribution in [1.82, 2.24) is 5.43 Å². The summed E-state index contributed by atoms with van der Waals surface area (Å²) in [6.45, 7) is 1.89. The van der Waals surface area contributed by atoms with Crippen LogP contribution in [0.25, 0.3) is 10.8 Å². The molecule has 6 heteroatoms. The van der Waals surface area contributed by atoms with E-state index in [1.165, 1.54) is 0 Å². The number of hydrogen-bond acceptors (Lipinski definition) is 4. The highest BCUT2D eigenvalue weighted by Crippen LogP contribution is 2.27. The van der Waals surface area contributed by atoms with Gasteiger partial charge in [-0.3, -0.25) is 9.59 Å². The molecule has 0 unspecified atom stereocenters. The van der Waals surface area contributed by atoms with Crippen LogP contribution in [0.15, 0.2) is 90.0 Å². The van der Waals surface area contributed by atoms with E-state index in [2.05, 4.69) is 15.8 Å². The lowest BCUT2D eigenvalue weighted by atomic mass is 10.0. The molecule has 0 aliphatic heterocycles. The standard InChI is InChI=1S/C27H23N3O3/c1-18-7-3-4-8-22(18)27(32)29-21-14-11-19(12-15-21)26(31)30-28-17-20-13-16-25(33-2)24-10-6-5-9-23(20)24/h3-17H,1-2H3,(H,29,32)(H,30,31). The Hall–Kier alpha value is -4.45. The average Bonchev–Trinajstić information content (AvgIpc) is 2.84. The molecule has 4 rings (SSSR count). The molecule has 0 aliphatic carbocycles. The van der Waals surface area contributed by atoms with Gasteiger partial charge < -0.3 is 10.1 Å². The fraction of sp³-hybridized carbons (Fsp3) is 0.0741. The number of nitrogens with zero attached hydrogens (tertiary/aromatic N) is 1. The van der Waals surface area contributed by atoms with Crippen LogP contribution in [0.1, 0.15) is 31.8 Å². The molecule has 4 aromatic carbocycles. The largest absolute Gasteiger partial charge is 0.496 e. The summed E-state index contributed by atoms with van der Waals surface area (Å²) < 4.78 is 5.41. The molecule has 0 heterocycles. The summed E-state index contributed by atoms with van der Waals surface area (Å²) in [5.41, 5.74) is 5.95. The topological polar surface area (TPSA) is 79.8 Å². The number of aryl methyl sites for hydroxylation is 1. The Morgan fingerprint density at radius 2 is 1.52 bits per heavy atom. The number of carbonyl (C=O) groups excluding carboxylic acids is 2. The Labute approximate surface area is 191 Å². The molecular weight excluding hydrogens is 414 g/mol. The SMILES string of the molecule is COc1ccc(C=NNC(=O)c2ccc(NC(=O)c3ccccc3C)cc2)c2ccccc12. The van der Waals surface area contributed by atoms with Gasteiger partial charge in [-0.15, -0.1) is 0 Å². The van der Waals surface area contributed by atoms with E-state index < -0.39 is 0 Å². The number of ether oxygens (including phenoxy) is 1. The van der Waals surface area contributed by atoms with Gasteiger partial charge in [0.2, 0.25) is 0 Å². The second-order valence-electron chi connectivity index (χ2n) is 7.45. The number of carbonyl (C=O) groups is 2. The molecule has 0 saturated heterocycles. The smallest absolute Gasteiger partial charge is 0.271 e. The molecule has 6 nitrogen and oxygen atoms in total. The van der Waals surface area contributed by atoms with E-state index in [9.17, 15) is 9.59 Å². The Kier molecular flexibility index (Phi) is 6.45. The number of rotatable bonds is 6. The number of fused-ring (bicyclic) bond motifs is 1. The van der Waals surface area contributed by atoms with E-state index in [0.29, 0.717) is 16.8 Å².